The van der Waals surface area contributed by atoms with E-state index >= 15 is 0 Å². The summed E-state index contributed by atoms with van der Waals surface area (Å²) in [6.07, 6.45) is 3.15. The van der Waals surface area contributed by atoms with Crippen molar-refractivity contribution in [1.29, 1.82) is 0 Å². The van der Waals surface area contributed by atoms with E-state index < -0.39 is 66.2 Å². The van der Waals surface area contributed by atoms with Gasteiger partial charge in [0.15, 0.2) is 19.7 Å². The first kappa shape index (κ1) is 49.5. The van der Waals surface area contributed by atoms with Crippen LogP contribution in [-0.2, 0) is 29.1 Å². The van der Waals surface area contributed by atoms with Crippen LogP contribution in [0.5, 0.6) is 11.5 Å². The molecule has 14 heteroatoms. The third kappa shape index (κ3) is 11.0. The van der Waals surface area contributed by atoms with Crippen molar-refractivity contribution in [3.63, 3.8) is 0 Å². The number of unbranched alkanes of at least 4 members (excludes halogenated alkanes) is 2. The highest BCUT2D eigenvalue weighted by Crippen LogP contribution is 2.51. The van der Waals surface area contributed by atoms with E-state index in [4.69, 9.17) is 18.9 Å². The molecule has 0 spiro atoms. The number of aliphatic hydroxyl groups excluding tert-OH is 2. The molecule has 2 aliphatic heterocycles. The molecule has 0 saturated heterocycles. The number of aliphatic hydroxyl groups is 2. The number of hydrogen-bond acceptors (Lipinski definition) is 10. The molecule has 6 atom stereocenters. The molecular formula is C50H64F2O10S2. The number of fused-ring (bicyclic) bond motifs is 2. The van der Waals surface area contributed by atoms with Gasteiger partial charge >= 0.3 is 0 Å². The molecule has 0 unspecified atom stereocenters. The van der Waals surface area contributed by atoms with Crippen LogP contribution in [0.1, 0.15) is 113 Å². The molecule has 10 nitrogen and oxygen atoms in total. The molecule has 0 radical (unpaired) electrons. The van der Waals surface area contributed by atoms with E-state index in [1.54, 1.807) is 48.5 Å². The number of sulfone groups is 2. The highest BCUT2D eigenvalue weighted by molar-refractivity contribution is 7.91. The predicted octanol–water partition coefficient (Wildman–Crippen LogP) is 9.19. The first-order valence-electron chi connectivity index (χ1n) is 22.7. The van der Waals surface area contributed by atoms with Gasteiger partial charge in [-0.1, -0.05) is 77.6 Å². The Balaban J connectivity index is 1.04. The Morgan fingerprint density at radius 2 is 0.906 bits per heavy atom. The molecule has 2 heterocycles. The molecule has 0 amide bonds. The first-order valence-corrected chi connectivity index (χ1v) is 26.0. The van der Waals surface area contributed by atoms with Gasteiger partial charge in [-0.15, -0.1) is 0 Å². The van der Waals surface area contributed by atoms with Crippen molar-refractivity contribution in [2.45, 2.75) is 113 Å². The summed E-state index contributed by atoms with van der Waals surface area (Å²) in [5, 5.41) is 24.2. The summed E-state index contributed by atoms with van der Waals surface area (Å²) in [6, 6.07) is 21.3. The zero-order chi connectivity index (χ0) is 46.1. The Bertz CT molecular complexity index is 2210. The topological polar surface area (TPSA) is 146 Å². The lowest BCUT2D eigenvalue weighted by Crippen LogP contribution is -2.42. The predicted molar refractivity (Wildman–Crippen MR) is 243 cm³/mol. The summed E-state index contributed by atoms with van der Waals surface area (Å²) in [5.41, 5.74) is 0.301. The van der Waals surface area contributed by atoms with Crippen LogP contribution in [0.3, 0.4) is 0 Å². The Hall–Kier alpha value is -3.92. The quantitative estimate of drug-likeness (QED) is 0.0776. The largest absolute Gasteiger partial charge is 0.491 e. The fraction of sp³-hybridized carbons (Fsp3) is 0.520. The second-order valence-electron chi connectivity index (χ2n) is 17.4. The lowest BCUT2D eigenvalue weighted by atomic mass is 9.69. The van der Waals surface area contributed by atoms with Crippen molar-refractivity contribution >= 4 is 19.7 Å². The Morgan fingerprint density at radius 3 is 1.25 bits per heavy atom. The lowest BCUT2D eigenvalue weighted by Gasteiger charge is -2.39. The van der Waals surface area contributed by atoms with Crippen LogP contribution >= 0.6 is 0 Å². The van der Waals surface area contributed by atoms with Crippen LogP contribution in [0.4, 0.5) is 8.78 Å². The van der Waals surface area contributed by atoms with Gasteiger partial charge in [0.1, 0.15) is 36.3 Å². The summed E-state index contributed by atoms with van der Waals surface area (Å²) in [5.74, 6) is -1.83. The number of halogens is 2. The van der Waals surface area contributed by atoms with Crippen molar-refractivity contribution in [3.05, 3.63) is 119 Å². The van der Waals surface area contributed by atoms with E-state index in [1.807, 2.05) is 27.7 Å². The smallest absolute Gasteiger partial charge is 0.179 e. The van der Waals surface area contributed by atoms with E-state index in [2.05, 4.69) is 0 Å². The fourth-order valence-corrected chi connectivity index (χ4v) is 14.2. The van der Waals surface area contributed by atoms with Gasteiger partial charge in [0.2, 0.25) is 0 Å². The minimum absolute atomic E-state index is 0.140. The molecule has 4 aromatic rings. The van der Waals surface area contributed by atoms with Crippen molar-refractivity contribution < 1.29 is 54.8 Å². The summed E-state index contributed by atoms with van der Waals surface area (Å²) < 4.78 is 107. The maximum atomic E-state index is 14.0. The van der Waals surface area contributed by atoms with Crippen molar-refractivity contribution in [2.75, 3.05) is 51.1 Å². The van der Waals surface area contributed by atoms with Crippen molar-refractivity contribution in [3.8, 4) is 11.5 Å². The van der Waals surface area contributed by atoms with Gasteiger partial charge in [-0.05, 0) is 109 Å². The van der Waals surface area contributed by atoms with Crippen LogP contribution in [0, 0.1) is 22.5 Å². The maximum absolute atomic E-state index is 14.0. The van der Waals surface area contributed by atoms with Crippen LogP contribution < -0.4 is 9.47 Å². The molecule has 2 N–H and O–H groups in total. The molecule has 350 valence electrons. The maximum Gasteiger partial charge on any atom is 0.179 e. The monoisotopic (exact) mass is 926 g/mol. The summed E-state index contributed by atoms with van der Waals surface area (Å²) in [4.78, 5) is 0.280. The zero-order valence-electron chi connectivity index (χ0n) is 37.4. The zero-order valence-corrected chi connectivity index (χ0v) is 39.1. The highest BCUT2D eigenvalue weighted by atomic mass is 32.2. The highest BCUT2D eigenvalue weighted by Gasteiger charge is 2.50. The Morgan fingerprint density at radius 1 is 0.547 bits per heavy atom. The molecule has 0 aliphatic carbocycles. The molecule has 0 aromatic heterocycles. The average molecular weight is 927 g/mol. The standard InChI is InChI=1S/C50H64F2O10S2/c1-5-9-23-49(7-3)33-63(55,56)43-21-19-39(31-41(43)45(47(49)53)35-11-15-37(51)16-12-35)61-29-27-59-25-26-60-28-30-62-40-20-22-44-42(32-40)46(36-13-17-38(52)18-14-36)48(54)50(8-4,24-10-6-2)34-64(44,57)58/h11-22,31-32,45-48,53-54H,5-10,23-30,33-34H2,1-4H3/t45-,46+,47-,48+,49-,50+. The van der Waals surface area contributed by atoms with E-state index in [9.17, 15) is 35.8 Å². The van der Waals surface area contributed by atoms with Gasteiger partial charge in [0.25, 0.3) is 0 Å². The molecule has 64 heavy (non-hydrogen) atoms. The molecule has 0 saturated carbocycles. The van der Waals surface area contributed by atoms with Crippen molar-refractivity contribution in [1.82, 2.24) is 0 Å². The van der Waals surface area contributed by atoms with Crippen LogP contribution in [0.15, 0.2) is 94.7 Å². The average Bonchev–Trinajstić information content (AvgIpc) is 3.40. The van der Waals surface area contributed by atoms with Crippen LogP contribution in [-0.4, -0.2) is 90.4 Å². The van der Waals surface area contributed by atoms with Gasteiger partial charge in [0.05, 0.1) is 59.9 Å². The summed E-state index contributed by atoms with van der Waals surface area (Å²) >= 11 is 0. The molecular weight excluding hydrogens is 863 g/mol. The van der Waals surface area contributed by atoms with Crippen molar-refractivity contribution in [2.24, 2.45) is 10.8 Å². The third-order valence-corrected chi connectivity index (χ3v) is 17.4. The Labute approximate surface area is 378 Å². The number of ether oxygens (including phenoxy) is 4. The SMILES string of the molecule is CCCC[C@]1(CC)CS(=O)(=O)c2ccc(OCCOCCOCCOc3ccc4c(c3)[C@H](c3ccc(F)cc3)[C@H](O)[C@@](CC)(CCCC)CS4(=O)=O)cc2[C@@H](c2ccc(F)cc2)[C@H]1O. The molecule has 6 rings (SSSR count). The minimum atomic E-state index is -3.80. The third-order valence-electron chi connectivity index (χ3n) is 13.4. The molecule has 0 fully saturated rings. The lowest BCUT2D eigenvalue weighted by molar-refractivity contribution is 0.0171. The number of rotatable bonds is 21. The molecule has 4 aromatic carbocycles. The second-order valence-corrected chi connectivity index (χ2v) is 21.3. The normalized spacial score (nSPS) is 24.8. The summed E-state index contributed by atoms with van der Waals surface area (Å²) in [7, 11) is -7.59. The number of hydrogen-bond donors (Lipinski definition) is 2. The van der Waals surface area contributed by atoms with Gasteiger partial charge in [0, 0.05) is 22.7 Å². The van der Waals surface area contributed by atoms with E-state index in [-0.39, 0.29) is 60.9 Å². The second kappa shape index (κ2) is 21.6. The fourth-order valence-electron chi connectivity index (χ4n) is 9.71. The van der Waals surface area contributed by atoms with Crippen LogP contribution in [0.2, 0.25) is 0 Å². The van der Waals surface area contributed by atoms with Crippen LogP contribution in [0.25, 0.3) is 0 Å². The summed E-state index contributed by atoms with van der Waals surface area (Å²) in [6.45, 7) is 9.16. The molecule has 2 aliphatic rings. The minimum Gasteiger partial charge on any atom is -0.491 e. The van der Waals surface area contributed by atoms with Gasteiger partial charge < -0.3 is 29.2 Å². The Kier molecular flexibility index (Phi) is 16.7. The van der Waals surface area contributed by atoms with E-state index in [1.165, 1.54) is 36.4 Å². The van der Waals surface area contributed by atoms with E-state index in [0.29, 0.717) is 59.4 Å². The van der Waals surface area contributed by atoms with E-state index in [0.717, 1.165) is 25.7 Å². The van der Waals surface area contributed by atoms with Gasteiger partial charge in [-0.2, -0.15) is 0 Å². The first-order chi connectivity index (χ1) is 30.6. The van der Waals surface area contributed by atoms with Gasteiger partial charge in [-0.25, -0.2) is 25.6 Å². The van der Waals surface area contributed by atoms with Gasteiger partial charge in [-0.3, -0.25) is 0 Å². The molecule has 0 bridgehead atoms. The number of benzene rings is 4.